The van der Waals surface area contributed by atoms with Crippen molar-refractivity contribution in [3.05, 3.63) is 12.3 Å². The van der Waals surface area contributed by atoms with E-state index in [9.17, 15) is 4.79 Å². The lowest BCUT2D eigenvalue weighted by molar-refractivity contribution is -0.110. The molecular formula is C9H12N2O2S. The fraction of sp³-hybridized carbons (Fsp3) is 0.556. The summed E-state index contributed by atoms with van der Waals surface area (Å²) in [5.74, 6) is 0.798. The van der Waals surface area contributed by atoms with Gasteiger partial charge >= 0.3 is 0 Å². The summed E-state index contributed by atoms with van der Waals surface area (Å²) in [4.78, 5) is 20.5. The fourth-order valence-electron chi connectivity index (χ4n) is 1.27. The lowest BCUT2D eigenvalue weighted by Gasteiger charge is -2.17. The van der Waals surface area contributed by atoms with Gasteiger partial charge in [0.2, 0.25) is 0 Å². The Morgan fingerprint density at radius 3 is 3.29 bits per heavy atom. The zero-order chi connectivity index (χ0) is 9.80. The Bertz CT molecular complexity index is 278. The summed E-state index contributed by atoms with van der Waals surface area (Å²) < 4.78 is 0. The van der Waals surface area contributed by atoms with Gasteiger partial charge in [0.15, 0.2) is 5.12 Å². The van der Waals surface area contributed by atoms with Crippen molar-refractivity contribution in [3.8, 4) is 0 Å². The van der Waals surface area contributed by atoms with Crippen LogP contribution in [0.25, 0.3) is 0 Å². The van der Waals surface area contributed by atoms with Crippen LogP contribution in [-0.2, 0) is 9.63 Å². The van der Waals surface area contributed by atoms with Crippen LogP contribution in [0.4, 0.5) is 0 Å². The number of hydroxylamine groups is 2. The average Bonchev–Trinajstić information content (AvgIpc) is 2.63. The zero-order valence-electron chi connectivity index (χ0n) is 7.76. The van der Waals surface area contributed by atoms with Crippen molar-refractivity contribution in [1.29, 1.82) is 0 Å². The monoisotopic (exact) mass is 212 g/mol. The molecule has 0 N–H and O–H groups in total. The van der Waals surface area contributed by atoms with Crippen LogP contribution in [0.15, 0.2) is 17.3 Å². The number of aliphatic imine (C=N–C) groups is 1. The average molecular weight is 212 g/mol. The van der Waals surface area contributed by atoms with Crippen molar-refractivity contribution in [2.75, 3.05) is 12.4 Å². The van der Waals surface area contributed by atoms with Gasteiger partial charge in [0.1, 0.15) is 6.34 Å². The Kier molecular flexibility index (Phi) is 3.21. The van der Waals surface area contributed by atoms with E-state index in [1.807, 2.05) is 12.3 Å². The van der Waals surface area contributed by atoms with E-state index < -0.39 is 0 Å². The van der Waals surface area contributed by atoms with Gasteiger partial charge < -0.3 is 0 Å². The second-order valence-corrected chi connectivity index (χ2v) is 4.25. The molecule has 1 unspecified atom stereocenters. The Hall–Kier alpha value is -0.810. The smallest absolute Gasteiger partial charge is 0.191 e. The summed E-state index contributed by atoms with van der Waals surface area (Å²) in [6.07, 6.45) is 7.03. The molecule has 76 valence electrons. The van der Waals surface area contributed by atoms with Crippen molar-refractivity contribution >= 4 is 23.2 Å². The number of thioether (sulfide) groups is 1. The number of hydrogen-bond acceptors (Lipinski definition) is 4. The normalized spacial score (nSPS) is 27.9. The van der Waals surface area contributed by atoms with Crippen molar-refractivity contribution in [2.24, 2.45) is 4.99 Å². The van der Waals surface area contributed by atoms with Gasteiger partial charge in [-0.25, -0.2) is 5.06 Å². The molecule has 0 aromatic rings. The summed E-state index contributed by atoms with van der Waals surface area (Å²) in [5, 5.41) is 1.83. The van der Waals surface area contributed by atoms with Gasteiger partial charge in [-0.3, -0.25) is 14.6 Å². The highest BCUT2D eigenvalue weighted by atomic mass is 32.2. The largest absolute Gasteiger partial charge is 0.287 e. The molecule has 0 aliphatic carbocycles. The molecule has 0 bridgehead atoms. The molecule has 1 fully saturated rings. The van der Waals surface area contributed by atoms with Crippen molar-refractivity contribution in [3.63, 3.8) is 0 Å². The maximum absolute atomic E-state index is 10.9. The third-order valence-corrected chi connectivity index (χ3v) is 3.05. The second kappa shape index (κ2) is 4.61. The highest BCUT2D eigenvalue weighted by molar-refractivity contribution is 8.14. The fourth-order valence-corrected chi connectivity index (χ4v) is 2.17. The predicted molar refractivity (Wildman–Crippen MR) is 55.9 cm³/mol. The molecule has 0 radical (unpaired) electrons. The lowest BCUT2D eigenvalue weighted by atomic mass is 10.3. The topological polar surface area (TPSA) is 41.9 Å². The van der Waals surface area contributed by atoms with Crippen LogP contribution < -0.4 is 0 Å². The predicted octanol–water partition coefficient (Wildman–Crippen LogP) is 1.20. The second-order valence-electron chi connectivity index (χ2n) is 3.17. The van der Waals surface area contributed by atoms with E-state index in [1.165, 1.54) is 11.8 Å². The van der Waals surface area contributed by atoms with Crippen LogP contribution in [-0.4, -0.2) is 34.9 Å². The Balaban J connectivity index is 1.83. The number of carbonyl (C=O) groups is 1. The molecular weight excluding hydrogens is 200 g/mol. The summed E-state index contributed by atoms with van der Waals surface area (Å²) in [6, 6.07) is 0.131. The molecule has 2 rings (SSSR count). The van der Waals surface area contributed by atoms with E-state index in [1.54, 1.807) is 11.4 Å². The first-order chi connectivity index (χ1) is 6.84. The number of rotatable bonds is 2. The first kappa shape index (κ1) is 9.73. The van der Waals surface area contributed by atoms with Crippen LogP contribution in [0.2, 0.25) is 0 Å². The molecule has 0 amide bonds. The summed E-state index contributed by atoms with van der Waals surface area (Å²) in [6.45, 7) is 0.695. The van der Waals surface area contributed by atoms with Crippen LogP contribution in [0, 0.1) is 0 Å². The van der Waals surface area contributed by atoms with Gasteiger partial charge in [-0.15, -0.1) is 0 Å². The summed E-state index contributed by atoms with van der Waals surface area (Å²) in [7, 11) is 0. The van der Waals surface area contributed by atoms with E-state index in [0.717, 1.165) is 12.2 Å². The molecule has 5 heteroatoms. The Morgan fingerprint density at radius 2 is 2.64 bits per heavy atom. The quantitative estimate of drug-likeness (QED) is 0.509. The molecule has 1 atom stereocenters. The van der Waals surface area contributed by atoms with Crippen molar-refractivity contribution in [2.45, 2.75) is 18.9 Å². The van der Waals surface area contributed by atoms with E-state index in [-0.39, 0.29) is 11.2 Å². The standard InChI is InChI=1S/C9H12N2O2S/c12-9-5-8(6-14-9)10-7-11-3-1-2-4-13-11/h1,3,7-8H,2,4-6H2. The minimum absolute atomic E-state index is 0.131. The first-order valence-corrected chi connectivity index (χ1v) is 5.60. The molecule has 14 heavy (non-hydrogen) atoms. The molecule has 2 aliphatic rings. The number of carbonyl (C=O) groups excluding carboxylic acids is 1. The van der Waals surface area contributed by atoms with Gasteiger partial charge in [0, 0.05) is 18.4 Å². The third kappa shape index (κ3) is 2.59. The molecule has 2 aliphatic heterocycles. The minimum Gasteiger partial charge on any atom is -0.287 e. The molecule has 2 heterocycles. The van der Waals surface area contributed by atoms with Crippen molar-refractivity contribution < 1.29 is 9.63 Å². The van der Waals surface area contributed by atoms with Crippen LogP contribution in [0.1, 0.15) is 12.8 Å². The molecule has 0 aromatic heterocycles. The highest BCUT2D eigenvalue weighted by Gasteiger charge is 2.21. The molecule has 0 saturated carbocycles. The lowest BCUT2D eigenvalue weighted by Crippen LogP contribution is -2.20. The van der Waals surface area contributed by atoms with Gasteiger partial charge in [-0.2, -0.15) is 0 Å². The zero-order valence-corrected chi connectivity index (χ0v) is 8.57. The van der Waals surface area contributed by atoms with E-state index in [2.05, 4.69) is 4.99 Å². The third-order valence-electron chi connectivity index (χ3n) is 2.01. The first-order valence-electron chi connectivity index (χ1n) is 4.61. The minimum atomic E-state index is 0.131. The van der Waals surface area contributed by atoms with Crippen LogP contribution >= 0.6 is 11.8 Å². The van der Waals surface area contributed by atoms with Crippen LogP contribution in [0.3, 0.4) is 0 Å². The van der Waals surface area contributed by atoms with Gasteiger partial charge in [0.05, 0.1) is 12.6 Å². The van der Waals surface area contributed by atoms with E-state index in [4.69, 9.17) is 4.84 Å². The summed E-state index contributed by atoms with van der Waals surface area (Å²) in [5.41, 5.74) is 0. The SMILES string of the molecule is O=C1CC(N=CN2C=CCCO2)CS1. The molecule has 1 saturated heterocycles. The van der Waals surface area contributed by atoms with Gasteiger partial charge in [-0.05, 0) is 6.42 Å². The summed E-state index contributed by atoms with van der Waals surface area (Å²) >= 11 is 1.36. The highest BCUT2D eigenvalue weighted by Crippen LogP contribution is 2.21. The van der Waals surface area contributed by atoms with Crippen molar-refractivity contribution in [1.82, 2.24) is 5.06 Å². The van der Waals surface area contributed by atoms with E-state index >= 15 is 0 Å². The number of hydrogen-bond donors (Lipinski definition) is 0. The van der Waals surface area contributed by atoms with Crippen LogP contribution in [0.5, 0.6) is 0 Å². The molecule has 4 nitrogen and oxygen atoms in total. The van der Waals surface area contributed by atoms with Gasteiger partial charge in [0.25, 0.3) is 0 Å². The molecule has 0 spiro atoms. The van der Waals surface area contributed by atoms with E-state index in [0.29, 0.717) is 13.0 Å². The Labute approximate surface area is 87.0 Å². The Morgan fingerprint density at radius 1 is 1.71 bits per heavy atom. The maximum Gasteiger partial charge on any atom is 0.191 e. The van der Waals surface area contributed by atoms with Gasteiger partial charge in [-0.1, -0.05) is 17.8 Å². The molecule has 0 aromatic carbocycles. The maximum atomic E-state index is 10.9. The number of nitrogens with zero attached hydrogens (tertiary/aromatic N) is 2.